The van der Waals surface area contributed by atoms with Crippen LogP contribution in [0.2, 0.25) is 0 Å². The monoisotopic (exact) mass is 228 g/mol. The predicted molar refractivity (Wildman–Crippen MR) is 67.3 cm³/mol. The molecule has 5 atom stereocenters. The van der Waals surface area contributed by atoms with Crippen molar-refractivity contribution in [1.29, 1.82) is 0 Å². The van der Waals surface area contributed by atoms with Crippen LogP contribution >= 0.6 is 25.3 Å². The van der Waals surface area contributed by atoms with Crippen molar-refractivity contribution < 1.29 is 0 Å². The quantitative estimate of drug-likeness (QED) is 0.582. The van der Waals surface area contributed by atoms with Crippen LogP contribution in [0.25, 0.3) is 0 Å². The lowest BCUT2D eigenvalue weighted by atomic mass is 9.47. The largest absolute Gasteiger partial charge is 0.174 e. The Balaban J connectivity index is 1.86. The summed E-state index contributed by atoms with van der Waals surface area (Å²) in [5.74, 6) is 2.84. The third-order valence-corrected chi connectivity index (χ3v) is 6.91. The van der Waals surface area contributed by atoms with Gasteiger partial charge in [-0.15, -0.1) is 0 Å². The molecular formula is C12H20S2. The fourth-order valence-corrected chi connectivity index (χ4v) is 5.75. The summed E-state index contributed by atoms with van der Waals surface area (Å²) in [5.41, 5.74) is 0. The van der Waals surface area contributed by atoms with Crippen molar-refractivity contribution in [3.05, 3.63) is 0 Å². The molecule has 0 aromatic rings. The second kappa shape index (κ2) is 3.35. The highest BCUT2D eigenvalue weighted by Gasteiger charge is 2.62. The first-order valence-corrected chi connectivity index (χ1v) is 7.11. The molecule has 3 rings (SSSR count). The van der Waals surface area contributed by atoms with Gasteiger partial charge in [-0.25, -0.2) is 0 Å². The minimum atomic E-state index is 0.326. The summed E-state index contributed by atoms with van der Waals surface area (Å²) in [6, 6.07) is 0. The zero-order valence-electron chi connectivity index (χ0n) is 8.65. The van der Waals surface area contributed by atoms with E-state index in [0.717, 1.165) is 17.8 Å². The van der Waals surface area contributed by atoms with E-state index in [1.165, 1.54) is 44.9 Å². The van der Waals surface area contributed by atoms with Crippen molar-refractivity contribution in [2.24, 2.45) is 17.8 Å². The molecule has 3 aliphatic carbocycles. The van der Waals surface area contributed by atoms with Crippen LogP contribution < -0.4 is 0 Å². The highest BCUT2D eigenvalue weighted by molar-refractivity contribution is 7.86. The lowest BCUT2D eigenvalue weighted by molar-refractivity contribution is -0.0451. The summed E-state index contributed by atoms with van der Waals surface area (Å²) in [7, 11) is 0. The van der Waals surface area contributed by atoms with Gasteiger partial charge in [-0.3, -0.25) is 0 Å². The maximum Gasteiger partial charge on any atom is 0.0307 e. The Bertz CT molecular complexity index is 228. The maximum absolute atomic E-state index is 5.04. The predicted octanol–water partition coefficient (Wildman–Crippen LogP) is 3.57. The van der Waals surface area contributed by atoms with E-state index in [9.17, 15) is 0 Å². The molecule has 0 aromatic heterocycles. The van der Waals surface area contributed by atoms with Crippen LogP contribution in [0.15, 0.2) is 0 Å². The number of thiol groups is 2. The molecule has 3 saturated carbocycles. The van der Waals surface area contributed by atoms with Gasteiger partial charge >= 0.3 is 0 Å². The lowest BCUT2D eigenvalue weighted by Gasteiger charge is -2.66. The Morgan fingerprint density at radius 2 is 1.50 bits per heavy atom. The van der Waals surface area contributed by atoms with Gasteiger partial charge in [-0.05, 0) is 43.4 Å². The van der Waals surface area contributed by atoms with E-state index in [0.29, 0.717) is 10.00 Å². The summed E-state index contributed by atoms with van der Waals surface area (Å²) in [6.45, 7) is 0. The average molecular weight is 228 g/mol. The van der Waals surface area contributed by atoms with Crippen LogP contribution in [-0.4, -0.2) is 10.00 Å². The Morgan fingerprint density at radius 3 is 2.29 bits per heavy atom. The third-order valence-electron chi connectivity index (χ3n) is 5.05. The van der Waals surface area contributed by atoms with Crippen LogP contribution in [-0.2, 0) is 0 Å². The van der Waals surface area contributed by atoms with Crippen molar-refractivity contribution in [3.63, 3.8) is 0 Å². The molecule has 0 spiro atoms. The molecule has 0 saturated heterocycles. The molecular weight excluding hydrogens is 208 g/mol. The summed E-state index contributed by atoms with van der Waals surface area (Å²) in [5, 5.41) is 0.573. The summed E-state index contributed by atoms with van der Waals surface area (Å²) in [6.07, 6.45) is 9.95. The molecule has 0 aliphatic heterocycles. The number of fused-ring (bicyclic) bond motifs is 4. The summed E-state index contributed by atoms with van der Waals surface area (Å²) < 4.78 is 0.326. The van der Waals surface area contributed by atoms with Gasteiger partial charge in [0.1, 0.15) is 0 Å². The molecule has 0 bridgehead atoms. The molecule has 0 amide bonds. The minimum absolute atomic E-state index is 0.326. The van der Waals surface area contributed by atoms with Crippen molar-refractivity contribution in [3.8, 4) is 0 Å². The highest BCUT2D eigenvalue weighted by Crippen LogP contribution is 2.65. The highest BCUT2D eigenvalue weighted by atomic mass is 32.1. The number of hydrogen-bond donors (Lipinski definition) is 2. The summed E-state index contributed by atoms with van der Waals surface area (Å²) >= 11 is 9.83. The van der Waals surface area contributed by atoms with Crippen LogP contribution in [0.5, 0.6) is 0 Å². The molecule has 0 aromatic carbocycles. The molecule has 0 nitrogen and oxygen atoms in total. The second-order valence-corrected chi connectivity index (χ2v) is 6.89. The van der Waals surface area contributed by atoms with Gasteiger partial charge in [0.15, 0.2) is 0 Å². The normalized spacial score (nSPS) is 57.0. The van der Waals surface area contributed by atoms with E-state index in [2.05, 4.69) is 0 Å². The summed E-state index contributed by atoms with van der Waals surface area (Å²) in [4.78, 5) is 0. The van der Waals surface area contributed by atoms with Crippen molar-refractivity contribution in [2.45, 2.75) is 54.9 Å². The maximum atomic E-state index is 5.04. The first kappa shape index (κ1) is 9.89. The Morgan fingerprint density at radius 1 is 0.857 bits per heavy atom. The lowest BCUT2D eigenvalue weighted by Crippen LogP contribution is -2.65. The number of hydrogen-bond acceptors (Lipinski definition) is 2. The van der Waals surface area contributed by atoms with Crippen molar-refractivity contribution in [1.82, 2.24) is 0 Å². The first-order chi connectivity index (χ1) is 6.74. The fraction of sp³-hybridized carbons (Fsp3) is 1.00. The molecule has 2 heteroatoms. The molecule has 0 N–H and O–H groups in total. The smallest absolute Gasteiger partial charge is 0.0307 e. The zero-order valence-corrected chi connectivity index (χ0v) is 10.4. The van der Waals surface area contributed by atoms with Gasteiger partial charge in [-0.2, -0.15) is 25.3 Å². The average Bonchev–Trinajstić information content (AvgIpc) is 2.21. The topological polar surface area (TPSA) is 0 Å². The van der Waals surface area contributed by atoms with E-state index in [1.807, 2.05) is 0 Å². The molecule has 5 unspecified atom stereocenters. The molecule has 0 radical (unpaired) electrons. The third kappa shape index (κ3) is 1.10. The first-order valence-electron chi connectivity index (χ1n) is 6.15. The van der Waals surface area contributed by atoms with Crippen LogP contribution in [0.1, 0.15) is 44.9 Å². The molecule has 80 valence electrons. The van der Waals surface area contributed by atoms with Gasteiger partial charge < -0.3 is 0 Å². The van der Waals surface area contributed by atoms with Gasteiger partial charge in [-0.1, -0.05) is 19.3 Å². The van der Waals surface area contributed by atoms with Gasteiger partial charge in [0, 0.05) is 10.00 Å². The van der Waals surface area contributed by atoms with Crippen LogP contribution in [0, 0.1) is 17.8 Å². The molecule has 3 aliphatic rings. The minimum Gasteiger partial charge on any atom is -0.174 e. The van der Waals surface area contributed by atoms with Crippen LogP contribution in [0.4, 0.5) is 0 Å². The number of rotatable bonds is 0. The Labute approximate surface area is 98.0 Å². The van der Waals surface area contributed by atoms with Crippen molar-refractivity contribution >= 4 is 25.3 Å². The van der Waals surface area contributed by atoms with Gasteiger partial charge in [0.05, 0.1) is 0 Å². The molecule has 14 heavy (non-hydrogen) atoms. The fourth-order valence-electron chi connectivity index (χ4n) is 4.42. The standard InChI is InChI=1S/C12H20S2/c13-11-7-3-6-10-8-4-1-2-5-9(8)12(10,11)14/h8-11,13-14H,1-7H2. The van der Waals surface area contributed by atoms with E-state index in [4.69, 9.17) is 25.3 Å². The van der Waals surface area contributed by atoms with E-state index in [-0.39, 0.29) is 0 Å². The van der Waals surface area contributed by atoms with Gasteiger partial charge in [0.2, 0.25) is 0 Å². The van der Waals surface area contributed by atoms with Gasteiger partial charge in [0.25, 0.3) is 0 Å². The van der Waals surface area contributed by atoms with E-state index >= 15 is 0 Å². The second-order valence-electron chi connectivity index (χ2n) is 5.50. The molecule has 0 heterocycles. The Hall–Kier alpha value is 0.700. The van der Waals surface area contributed by atoms with E-state index < -0.39 is 0 Å². The van der Waals surface area contributed by atoms with Crippen LogP contribution in [0.3, 0.4) is 0 Å². The molecule has 3 fully saturated rings. The van der Waals surface area contributed by atoms with Crippen molar-refractivity contribution in [2.75, 3.05) is 0 Å². The Kier molecular flexibility index (Phi) is 2.36. The zero-order chi connectivity index (χ0) is 9.76. The SMILES string of the molecule is SC1CCCC2C3CCCCC3C12S. The van der Waals surface area contributed by atoms with E-state index in [1.54, 1.807) is 0 Å².